The highest BCUT2D eigenvalue weighted by atomic mass is 16.6. The minimum Gasteiger partial charge on any atom is -0.464 e. The Morgan fingerprint density at radius 1 is 0.559 bits per heavy atom. The number of carbonyl (C=O) groups excluding carboxylic acids is 1. The van der Waals surface area contributed by atoms with Crippen molar-refractivity contribution in [3.05, 3.63) is 0 Å². The Kier molecular flexibility index (Phi) is 28.0. The summed E-state index contributed by atoms with van der Waals surface area (Å²) in [6.07, 6.45) is 23.4. The zero-order valence-corrected chi connectivity index (χ0v) is 23.1. The molecule has 0 aliphatic heterocycles. The maximum Gasteiger partial charge on any atom is 0.332 e. The fraction of sp³-hybridized carbons (Fsp3) is 0.966. The number of unbranched alkanes of at least 4 members (excludes halogenated alkanes) is 12. The van der Waals surface area contributed by atoms with E-state index in [1.807, 2.05) is 0 Å². The SMILES string of the molecule is CCCCCCCCCCC(CCCCCCCC)CCOC(=O)COCCOCCCOC. The molecule has 0 bridgehead atoms. The molecule has 0 N–H and O–H groups in total. The normalized spacial score (nSPS) is 12.2. The molecule has 0 radical (unpaired) electrons. The highest BCUT2D eigenvalue weighted by molar-refractivity contribution is 5.70. The van der Waals surface area contributed by atoms with Crippen LogP contribution in [0.2, 0.25) is 0 Å². The minimum absolute atomic E-state index is 0.0154. The van der Waals surface area contributed by atoms with Crippen LogP contribution in [-0.2, 0) is 23.7 Å². The first-order valence-corrected chi connectivity index (χ1v) is 14.5. The highest BCUT2D eigenvalue weighted by Crippen LogP contribution is 2.22. The van der Waals surface area contributed by atoms with Crippen LogP contribution in [0.25, 0.3) is 0 Å². The Hall–Kier alpha value is -0.650. The van der Waals surface area contributed by atoms with Crippen LogP contribution < -0.4 is 0 Å². The third kappa shape index (κ3) is 26.0. The maximum atomic E-state index is 12.0. The number of methoxy groups -OCH3 is 1. The van der Waals surface area contributed by atoms with Crippen LogP contribution in [0, 0.1) is 5.92 Å². The lowest BCUT2D eigenvalue weighted by Crippen LogP contribution is -2.17. The van der Waals surface area contributed by atoms with E-state index < -0.39 is 0 Å². The molecule has 0 fully saturated rings. The van der Waals surface area contributed by atoms with E-state index >= 15 is 0 Å². The molecule has 0 aromatic rings. The number of rotatable bonds is 28. The standard InChI is InChI=1S/C29H58O5/c1-4-6-8-10-12-13-15-17-20-28(19-16-14-11-9-7-5-2)21-24-34-29(30)27-33-26-25-32-23-18-22-31-3/h28H,4-27H2,1-3H3. The van der Waals surface area contributed by atoms with Gasteiger partial charge >= 0.3 is 5.97 Å². The zero-order valence-electron chi connectivity index (χ0n) is 23.1. The predicted octanol–water partition coefficient (Wildman–Crippen LogP) is 7.89. The van der Waals surface area contributed by atoms with Crippen molar-refractivity contribution < 1.29 is 23.7 Å². The lowest BCUT2D eigenvalue weighted by atomic mass is 9.91. The molecule has 1 unspecified atom stereocenters. The number of carbonyl (C=O) groups is 1. The molecule has 5 nitrogen and oxygen atoms in total. The van der Waals surface area contributed by atoms with Gasteiger partial charge in [-0.15, -0.1) is 0 Å². The summed E-state index contributed by atoms with van der Waals surface area (Å²) in [6, 6.07) is 0. The van der Waals surface area contributed by atoms with E-state index in [4.69, 9.17) is 18.9 Å². The van der Waals surface area contributed by atoms with Crippen molar-refractivity contribution in [3.8, 4) is 0 Å². The van der Waals surface area contributed by atoms with Crippen molar-refractivity contribution in [2.45, 2.75) is 129 Å². The summed E-state index contributed by atoms with van der Waals surface area (Å²) in [4.78, 5) is 12.0. The largest absolute Gasteiger partial charge is 0.464 e. The summed E-state index contributed by atoms with van der Waals surface area (Å²) < 4.78 is 21.2. The van der Waals surface area contributed by atoms with Crippen molar-refractivity contribution in [2.24, 2.45) is 5.92 Å². The van der Waals surface area contributed by atoms with Gasteiger partial charge in [0.1, 0.15) is 6.61 Å². The second-order valence-electron chi connectivity index (χ2n) is 9.71. The van der Waals surface area contributed by atoms with Crippen LogP contribution in [0.5, 0.6) is 0 Å². The summed E-state index contributed by atoms with van der Waals surface area (Å²) in [7, 11) is 1.68. The van der Waals surface area contributed by atoms with Crippen molar-refractivity contribution in [1.29, 1.82) is 0 Å². The lowest BCUT2D eigenvalue weighted by molar-refractivity contribution is -0.149. The summed E-state index contributed by atoms with van der Waals surface area (Å²) in [6.45, 7) is 7.35. The van der Waals surface area contributed by atoms with Gasteiger partial charge in [0.05, 0.1) is 19.8 Å². The minimum atomic E-state index is -0.259. The van der Waals surface area contributed by atoms with Gasteiger partial charge in [-0.25, -0.2) is 4.79 Å². The molecule has 0 aliphatic rings. The van der Waals surface area contributed by atoms with Crippen LogP contribution in [0.1, 0.15) is 129 Å². The first kappa shape index (κ1) is 33.4. The molecule has 0 rings (SSSR count). The summed E-state index contributed by atoms with van der Waals surface area (Å²) >= 11 is 0. The van der Waals surface area contributed by atoms with E-state index in [2.05, 4.69) is 13.8 Å². The van der Waals surface area contributed by atoms with Gasteiger partial charge in [0.25, 0.3) is 0 Å². The van der Waals surface area contributed by atoms with Crippen LogP contribution >= 0.6 is 0 Å². The van der Waals surface area contributed by atoms with Crippen molar-refractivity contribution in [2.75, 3.05) is 46.8 Å². The highest BCUT2D eigenvalue weighted by Gasteiger charge is 2.11. The van der Waals surface area contributed by atoms with Gasteiger partial charge in [0, 0.05) is 20.3 Å². The molecule has 34 heavy (non-hydrogen) atoms. The van der Waals surface area contributed by atoms with Crippen LogP contribution in [0.15, 0.2) is 0 Å². The second-order valence-corrected chi connectivity index (χ2v) is 9.71. The van der Waals surface area contributed by atoms with Gasteiger partial charge < -0.3 is 18.9 Å². The van der Waals surface area contributed by atoms with Crippen LogP contribution in [0.3, 0.4) is 0 Å². The number of ether oxygens (including phenoxy) is 4. The Bertz CT molecular complexity index is 402. The van der Waals surface area contributed by atoms with E-state index in [0.717, 1.165) is 12.8 Å². The summed E-state index contributed by atoms with van der Waals surface area (Å²) in [5, 5.41) is 0. The van der Waals surface area contributed by atoms with E-state index in [1.54, 1.807) is 7.11 Å². The number of esters is 1. The summed E-state index contributed by atoms with van der Waals surface area (Å²) in [5.74, 6) is 0.422. The Balaban J connectivity index is 3.92. The van der Waals surface area contributed by atoms with Crippen LogP contribution in [0.4, 0.5) is 0 Å². The molecular formula is C29H58O5. The van der Waals surface area contributed by atoms with Gasteiger partial charge in [-0.3, -0.25) is 0 Å². The van der Waals surface area contributed by atoms with Gasteiger partial charge in [0.15, 0.2) is 0 Å². The monoisotopic (exact) mass is 486 g/mol. The van der Waals surface area contributed by atoms with E-state index in [0.29, 0.717) is 39.0 Å². The molecule has 0 aromatic heterocycles. The van der Waals surface area contributed by atoms with Crippen molar-refractivity contribution >= 4 is 5.97 Å². The lowest BCUT2D eigenvalue weighted by Gasteiger charge is -2.17. The topological polar surface area (TPSA) is 54.0 Å². The molecular weight excluding hydrogens is 428 g/mol. The predicted molar refractivity (Wildman–Crippen MR) is 142 cm³/mol. The quantitative estimate of drug-likeness (QED) is 0.0831. The number of hydrogen-bond donors (Lipinski definition) is 0. The van der Waals surface area contributed by atoms with E-state index in [1.165, 1.54) is 103 Å². The van der Waals surface area contributed by atoms with E-state index in [9.17, 15) is 4.79 Å². The molecule has 0 aromatic carbocycles. The molecule has 0 heterocycles. The van der Waals surface area contributed by atoms with Gasteiger partial charge in [-0.2, -0.15) is 0 Å². The molecule has 0 saturated heterocycles. The molecule has 0 amide bonds. The van der Waals surface area contributed by atoms with Gasteiger partial charge in [0.2, 0.25) is 0 Å². The van der Waals surface area contributed by atoms with Crippen molar-refractivity contribution in [3.63, 3.8) is 0 Å². The Morgan fingerprint density at radius 3 is 1.65 bits per heavy atom. The molecule has 0 aliphatic carbocycles. The molecule has 0 saturated carbocycles. The van der Waals surface area contributed by atoms with Crippen molar-refractivity contribution in [1.82, 2.24) is 0 Å². The molecule has 1 atom stereocenters. The average Bonchev–Trinajstić information content (AvgIpc) is 2.84. The van der Waals surface area contributed by atoms with Gasteiger partial charge in [-0.1, -0.05) is 117 Å². The third-order valence-electron chi connectivity index (χ3n) is 6.45. The molecule has 0 spiro atoms. The summed E-state index contributed by atoms with van der Waals surface area (Å²) in [5.41, 5.74) is 0. The Morgan fingerprint density at radius 2 is 1.09 bits per heavy atom. The van der Waals surface area contributed by atoms with E-state index in [-0.39, 0.29) is 12.6 Å². The first-order valence-electron chi connectivity index (χ1n) is 14.5. The molecule has 5 heteroatoms. The average molecular weight is 487 g/mol. The molecule has 204 valence electrons. The smallest absolute Gasteiger partial charge is 0.332 e. The second kappa shape index (κ2) is 28.6. The first-order chi connectivity index (χ1) is 16.7. The Labute approximate surface area is 212 Å². The fourth-order valence-electron chi connectivity index (χ4n) is 4.28. The fourth-order valence-corrected chi connectivity index (χ4v) is 4.28. The third-order valence-corrected chi connectivity index (χ3v) is 6.45. The van der Waals surface area contributed by atoms with Gasteiger partial charge in [-0.05, 0) is 18.8 Å². The number of hydrogen-bond acceptors (Lipinski definition) is 5. The maximum absolute atomic E-state index is 12.0. The zero-order chi connectivity index (χ0) is 25.0. The van der Waals surface area contributed by atoms with Crippen LogP contribution in [-0.4, -0.2) is 52.7 Å².